The summed E-state index contributed by atoms with van der Waals surface area (Å²) in [7, 11) is 4.34. The van der Waals surface area contributed by atoms with Gasteiger partial charge in [0.1, 0.15) is 0 Å². The molecule has 0 radical (unpaired) electrons. The number of nitrogens with zero attached hydrogens (tertiary/aromatic N) is 2. The zero-order valence-corrected chi connectivity index (χ0v) is 14.7. The molecule has 0 fully saturated rings. The van der Waals surface area contributed by atoms with Gasteiger partial charge in [0.2, 0.25) is 0 Å². The van der Waals surface area contributed by atoms with Gasteiger partial charge in [-0.15, -0.1) is 0 Å². The maximum Gasteiger partial charge on any atom is 0.401 e. The van der Waals surface area contributed by atoms with Gasteiger partial charge in [-0.1, -0.05) is 6.07 Å². The first-order valence-corrected chi connectivity index (χ1v) is 7.72. The van der Waals surface area contributed by atoms with Gasteiger partial charge in [-0.05, 0) is 31.7 Å². The summed E-state index contributed by atoms with van der Waals surface area (Å²) in [5.41, 5.74) is 0.690. The van der Waals surface area contributed by atoms with E-state index >= 15 is 0 Å². The van der Waals surface area contributed by atoms with Crippen molar-refractivity contribution in [1.82, 2.24) is 15.5 Å². The van der Waals surface area contributed by atoms with Crippen LogP contribution in [0.2, 0.25) is 0 Å². The van der Waals surface area contributed by atoms with E-state index in [1.54, 1.807) is 13.1 Å². The number of benzene rings is 1. The highest BCUT2D eigenvalue weighted by Gasteiger charge is 2.28. The zero-order valence-electron chi connectivity index (χ0n) is 14.7. The Labute approximate surface area is 145 Å². The summed E-state index contributed by atoms with van der Waals surface area (Å²) < 4.78 is 55.4. The summed E-state index contributed by atoms with van der Waals surface area (Å²) in [5.74, 6) is 0.112. The van der Waals surface area contributed by atoms with Crippen molar-refractivity contribution >= 4 is 5.96 Å². The molecule has 0 aliphatic rings. The lowest BCUT2D eigenvalue weighted by molar-refractivity contribution is -0.142. The Hall–Kier alpha value is -2.03. The van der Waals surface area contributed by atoms with Crippen molar-refractivity contribution in [2.24, 2.45) is 4.99 Å². The molecule has 0 amide bonds. The number of nitrogens with one attached hydrogen (secondary N) is 2. The van der Waals surface area contributed by atoms with Crippen molar-refractivity contribution in [1.29, 1.82) is 0 Å². The number of guanidine groups is 1. The van der Waals surface area contributed by atoms with E-state index in [1.807, 2.05) is 6.92 Å². The maximum absolute atomic E-state index is 13.8. The molecule has 1 rings (SSSR count). The molecule has 0 saturated heterocycles. The number of rotatable bonds is 7. The SMILES string of the molecule is CN=C(NCCN(C)CC(F)(F)F)NC(C)c1ccc(OC)c(F)c1. The molecule has 2 N–H and O–H groups in total. The van der Waals surface area contributed by atoms with Gasteiger partial charge in [0.05, 0.1) is 19.7 Å². The second kappa shape index (κ2) is 9.45. The molecule has 0 aliphatic carbocycles. The molecule has 1 unspecified atom stereocenters. The van der Waals surface area contributed by atoms with Gasteiger partial charge in [0, 0.05) is 20.1 Å². The van der Waals surface area contributed by atoms with E-state index in [9.17, 15) is 17.6 Å². The molecule has 0 saturated carbocycles. The third-order valence-electron chi connectivity index (χ3n) is 3.49. The number of hydrogen-bond acceptors (Lipinski definition) is 3. The molecular formula is C16H24F4N4O. The minimum Gasteiger partial charge on any atom is -0.494 e. The number of ether oxygens (including phenoxy) is 1. The third kappa shape index (κ3) is 7.59. The van der Waals surface area contributed by atoms with E-state index in [0.717, 1.165) is 0 Å². The Morgan fingerprint density at radius 3 is 2.56 bits per heavy atom. The van der Waals surface area contributed by atoms with Crippen LogP contribution < -0.4 is 15.4 Å². The van der Waals surface area contributed by atoms with Crippen LogP contribution in [0.5, 0.6) is 5.75 Å². The van der Waals surface area contributed by atoms with Gasteiger partial charge >= 0.3 is 6.18 Å². The standard InChI is InChI=1S/C16H24F4N4O/c1-11(12-5-6-14(25-4)13(17)9-12)23-15(21-2)22-7-8-24(3)10-16(18,19)20/h5-6,9,11H,7-8,10H2,1-4H3,(H2,21,22,23). The summed E-state index contributed by atoms with van der Waals surface area (Å²) in [6.45, 7) is 1.34. The van der Waals surface area contributed by atoms with E-state index in [4.69, 9.17) is 4.74 Å². The summed E-state index contributed by atoms with van der Waals surface area (Å²) in [5, 5.41) is 6.00. The Bertz CT molecular complexity index is 578. The average molecular weight is 364 g/mol. The lowest BCUT2D eigenvalue weighted by Gasteiger charge is -2.21. The number of hydrogen-bond donors (Lipinski definition) is 2. The Kier molecular flexibility index (Phi) is 7.95. The highest BCUT2D eigenvalue weighted by molar-refractivity contribution is 5.80. The molecule has 0 spiro atoms. The predicted octanol–water partition coefficient (Wildman–Crippen LogP) is 2.55. The van der Waals surface area contributed by atoms with Crippen LogP contribution in [-0.2, 0) is 0 Å². The largest absolute Gasteiger partial charge is 0.494 e. The van der Waals surface area contributed by atoms with Crippen molar-refractivity contribution in [3.05, 3.63) is 29.6 Å². The fraction of sp³-hybridized carbons (Fsp3) is 0.562. The van der Waals surface area contributed by atoms with Crippen molar-refractivity contribution in [3.63, 3.8) is 0 Å². The number of likely N-dealkylation sites (N-methyl/N-ethyl adjacent to an activating group) is 1. The van der Waals surface area contributed by atoms with Gasteiger partial charge in [0.15, 0.2) is 17.5 Å². The van der Waals surface area contributed by atoms with Crippen LogP contribution >= 0.6 is 0 Å². The highest BCUT2D eigenvalue weighted by Crippen LogP contribution is 2.21. The minimum absolute atomic E-state index is 0.158. The van der Waals surface area contributed by atoms with Crippen LogP contribution in [0, 0.1) is 5.82 Å². The predicted molar refractivity (Wildman–Crippen MR) is 89.4 cm³/mol. The highest BCUT2D eigenvalue weighted by atomic mass is 19.4. The molecule has 9 heteroatoms. The van der Waals surface area contributed by atoms with Crippen LogP contribution in [0.15, 0.2) is 23.2 Å². The fourth-order valence-electron chi connectivity index (χ4n) is 2.19. The summed E-state index contributed by atoms with van der Waals surface area (Å²) >= 11 is 0. The van der Waals surface area contributed by atoms with Crippen molar-refractivity contribution in [3.8, 4) is 5.75 Å². The molecule has 25 heavy (non-hydrogen) atoms. The summed E-state index contributed by atoms with van der Waals surface area (Å²) in [6.07, 6.45) is -4.22. The lowest BCUT2D eigenvalue weighted by Crippen LogP contribution is -2.43. The minimum atomic E-state index is -4.22. The maximum atomic E-state index is 13.8. The number of aliphatic imine (C=N–C) groups is 1. The van der Waals surface area contributed by atoms with E-state index in [0.29, 0.717) is 11.5 Å². The van der Waals surface area contributed by atoms with E-state index in [-0.39, 0.29) is 24.9 Å². The Morgan fingerprint density at radius 2 is 2.04 bits per heavy atom. The molecule has 1 atom stereocenters. The van der Waals surface area contributed by atoms with Crippen LogP contribution in [0.25, 0.3) is 0 Å². The van der Waals surface area contributed by atoms with Crippen molar-refractivity contribution < 1.29 is 22.3 Å². The van der Waals surface area contributed by atoms with Crippen LogP contribution in [0.4, 0.5) is 17.6 Å². The first kappa shape index (κ1) is 21.0. The number of methoxy groups -OCH3 is 1. The molecule has 1 aromatic rings. The van der Waals surface area contributed by atoms with Crippen LogP contribution in [-0.4, -0.2) is 57.9 Å². The molecule has 5 nitrogen and oxygen atoms in total. The van der Waals surface area contributed by atoms with E-state index < -0.39 is 18.5 Å². The van der Waals surface area contributed by atoms with Gasteiger partial charge in [-0.3, -0.25) is 9.89 Å². The lowest BCUT2D eigenvalue weighted by atomic mass is 10.1. The smallest absolute Gasteiger partial charge is 0.401 e. The van der Waals surface area contributed by atoms with Gasteiger partial charge in [-0.2, -0.15) is 13.2 Å². The molecule has 142 valence electrons. The monoisotopic (exact) mass is 364 g/mol. The average Bonchev–Trinajstić information content (AvgIpc) is 2.51. The van der Waals surface area contributed by atoms with Crippen molar-refractivity contribution in [2.75, 3.05) is 40.8 Å². The third-order valence-corrected chi connectivity index (χ3v) is 3.49. The van der Waals surface area contributed by atoms with Gasteiger partial charge < -0.3 is 15.4 Å². The molecule has 1 aromatic carbocycles. The first-order valence-electron chi connectivity index (χ1n) is 7.72. The molecule has 0 bridgehead atoms. The molecule has 0 aliphatic heterocycles. The number of alkyl halides is 3. The molecular weight excluding hydrogens is 340 g/mol. The summed E-state index contributed by atoms with van der Waals surface area (Å²) in [4.78, 5) is 5.19. The topological polar surface area (TPSA) is 48.9 Å². The second-order valence-corrected chi connectivity index (χ2v) is 5.61. The van der Waals surface area contributed by atoms with E-state index in [1.165, 1.54) is 31.2 Å². The van der Waals surface area contributed by atoms with Crippen LogP contribution in [0.3, 0.4) is 0 Å². The normalized spacial score (nSPS) is 13.7. The van der Waals surface area contributed by atoms with Crippen LogP contribution in [0.1, 0.15) is 18.5 Å². The number of halogens is 4. The van der Waals surface area contributed by atoms with Crippen molar-refractivity contribution in [2.45, 2.75) is 19.1 Å². The molecule has 0 heterocycles. The first-order chi connectivity index (χ1) is 11.7. The Balaban J connectivity index is 2.51. The van der Waals surface area contributed by atoms with Gasteiger partial charge in [0.25, 0.3) is 0 Å². The molecule has 0 aromatic heterocycles. The quantitative estimate of drug-likeness (QED) is 0.444. The summed E-state index contributed by atoms with van der Waals surface area (Å²) in [6, 6.07) is 4.37. The Morgan fingerprint density at radius 1 is 1.36 bits per heavy atom. The fourth-order valence-corrected chi connectivity index (χ4v) is 2.19. The second-order valence-electron chi connectivity index (χ2n) is 5.61. The van der Waals surface area contributed by atoms with Gasteiger partial charge in [-0.25, -0.2) is 4.39 Å². The van der Waals surface area contributed by atoms with E-state index in [2.05, 4.69) is 15.6 Å². The zero-order chi connectivity index (χ0) is 19.0.